The average Bonchev–Trinajstić information content (AvgIpc) is 2.96. The Kier molecular flexibility index (Phi) is 4.88. The number of hydrogen-bond acceptors (Lipinski definition) is 5. The Bertz CT molecular complexity index is 957. The molecule has 1 heterocycles. The van der Waals surface area contributed by atoms with Crippen molar-refractivity contribution >= 4 is 27.3 Å². The molecule has 0 unspecified atom stereocenters. The van der Waals surface area contributed by atoms with E-state index in [1.807, 2.05) is 30.0 Å². The van der Waals surface area contributed by atoms with Crippen LogP contribution in [0.5, 0.6) is 5.75 Å². The molecule has 3 N–H and O–H groups in total. The van der Waals surface area contributed by atoms with Crippen LogP contribution in [0.4, 0.5) is 11.4 Å². The van der Waals surface area contributed by atoms with Gasteiger partial charge in [0.05, 0.1) is 24.2 Å². The van der Waals surface area contributed by atoms with Crippen molar-refractivity contribution in [3.8, 4) is 5.75 Å². The van der Waals surface area contributed by atoms with Crippen LogP contribution < -0.4 is 20.1 Å². The SMILES string of the molecule is COc1ccc(C)cc1NC(=O)CN1CCc2cc(S(N)(=O)=O)ccc21. The van der Waals surface area contributed by atoms with Gasteiger partial charge in [0.15, 0.2) is 0 Å². The smallest absolute Gasteiger partial charge is 0.243 e. The Labute approximate surface area is 152 Å². The summed E-state index contributed by atoms with van der Waals surface area (Å²) in [6.07, 6.45) is 0.666. The van der Waals surface area contributed by atoms with E-state index in [1.54, 1.807) is 19.2 Å². The number of carbonyl (C=O) groups excluding carboxylic acids is 1. The number of nitrogens with zero attached hydrogens (tertiary/aromatic N) is 1. The van der Waals surface area contributed by atoms with Gasteiger partial charge < -0.3 is 15.0 Å². The fourth-order valence-corrected chi connectivity index (χ4v) is 3.63. The van der Waals surface area contributed by atoms with Gasteiger partial charge in [0.1, 0.15) is 5.75 Å². The molecule has 2 aromatic rings. The molecule has 8 heteroatoms. The summed E-state index contributed by atoms with van der Waals surface area (Å²) in [4.78, 5) is 14.5. The van der Waals surface area contributed by atoms with Crippen molar-refractivity contribution in [1.82, 2.24) is 0 Å². The summed E-state index contributed by atoms with van der Waals surface area (Å²) in [6, 6.07) is 10.3. The first-order valence-electron chi connectivity index (χ1n) is 8.13. The number of aryl methyl sites for hydroxylation is 1. The van der Waals surface area contributed by atoms with Crippen LogP contribution in [0.1, 0.15) is 11.1 Å². The van der Waals surface area contributed by atoms with E-state index in [2.05, 4.69) is 5.32 Å². The standard InChI is InChI=1S/C18H21N3O4S/c1-12-3-6-17(25-2)15(9-12)20-18(22)11-21-8-7-13-10-14(26(19,23)24)4-5-16(13)21/h3-6,9-10H,7-8,11H2,1-2H3,(H,20,22)(H2,19,23,24). The van der Waals surface area contributed by atoms with E-state index in [1.165, 1.54) is 6.07 Å². The molecule has 2 aromatic carbocycles. The Morgan fingerprint density at radius 1 is 1.27 bits per heavy atom. The minimum absolute atomic E-state index is 0.0899. The van der Waals surface area contributed by atoms with Crippen molar-refractivity contribution in [2.45, 2.75) is 18.2 Å². The molecule has 1 aliphatic heterocycles. The van der Waals surface area contributed by atoms with Crippen LogP contribution in [0.3, 0.4) is 0 Å². The monoisotopic (exact) mass is 375 g/mol. The first-order valence-corrected chi connectivity index (χ1v) is 9.68. The lowest BCUT2D eigenvalue weighted by Gasteiger charge is -2.19. The zero-order valence-electron chi connectivity index (χ0n) is 14.7. The first-order chi connectivity index (χ1) is 12.3. The van der Waals surface area contributed by atoms with Gasteiger partial charge in [-0.1, -0.05) is 6.07 Å². The minimum atomic E-state index is -3.73. The molecule has 7 nitrogen and oxygen atoms in total. The van der Waals surface area contributed by atoms with Crippen LogP contribution in [0, 0.1) is 6.92 Å². The molecule has 0 atom stereocenters. The maximum absolute atomic E-state index is 12.5. The quantitative estimate of drug-likeness (QED) is 0.827. The second-order valence-corrected chi connectivity index (χ2v) is 7.82. The zero-order chi connectivity index (χ0) is 18.9. The summed E-state index contributed by atoms with van der Waals surface area (Å²) in [5, 5.41) is 8.05. The van der Waals surface area contributed by atoms with Crippen LogP contribution in [0.25, 0.3) is 0 Å². The number of nitrogens with one attached hydrogen (secondary N) is 1. The van der Waals surface area contributed by atoms with Crippen LogP contribution >= 0.6 is 0 Å². The number of primary sulfonamides is 1. The normalized spacial score (nSPS) is 13.4. The Balaban J connectivity index is 1.74. The van der Waals surface area contributed by atoms with Crippen molar-refractivity contribution in [1.29, 1.82) is 0 Å². The molecule has 0 fully saturated rings. The maximum Gasteiger partial charge on any atom is 0.243 e. The highest BCUT2D eigenvalue weighted by molar-refractivity contribution is 7.89. The minimum Gasteiger partial charge on any atom is -0.495 e. The molecular weight excluding hydrogens is 354 g/mol. The topological polar surface area (TPSA) is 102 Å². The van der Waals surface area contributed by atoms with Crippen molar-refractivity contribution < 1.29 is 17.9 Å². The van der Waals surface area contributed by atoms with Crippen LogP contribution in [-0.4, -0.2) is 34.5 Å². The number of sulfonamides is 1. The number of fused-ring (bicyclic) bond motifs is 1. The third kappa shape index (κ3) is 3.81. The molecular formula is C18H21N3O4S. The molecule has 0 aliphatic carbocycles. The number of carbonyl (C=O) groups is 1. The van der Waals surface area contributed by atoms with Gasteiger partial charge >= 0.3 is 0 Å². The average molecular weight is 375 g/mol. The molecule has 0 aromatic heterocycles. The molecule has 0 bridgehead atoms. The second kappa shape index (κ2) is 6.97. The predicted molar refractivity (Wildman–Crippen MR) is 100 cm³/mol. The van der Waals surface area contributed by atoms with Gasteiger partial charge in [0.25, 0.3) is 0 Å². The Morgan fingerprint density at radius 2 is 2.04 bits per heavy atom. The van der Waals surface area contributed by atoms with E-state index < -0.39 is 10.0 Å². The molecule has 0 spiro atoms. The summed E-state index contributed by atoms with van der Waals surface area (Å²) in [5.74, 6) is 0.431. The summed E-state index contributed by atoms with van der Waals surface area (Å²) < 4.78 is 28.2. The number of ether oxygens (including phenoxy) is 1. The van der Waals surface area contributed by atoms with E-state index in [0.717, 1.165) is 16.8 Å². The lowest BCUT2D eigenvalue weighted by molar-refractivity contribution is -0.115. The highest BCUT2D eigenvalue weighted by atomic mass is 32.2. The molecule has 26 heavy (non-hydrogen) atoms. The molecule has 1 aliphatic rings. The summed E-state index contributed by atoms with van der Waals surface area (Å²) in [5.41, 5.74) is 3.37. The molecule has 0 saturated heterocycles. The van der Waals surface area contributed by atoms with E-state index in [-0.39, 0.29) is 17.3 Å². The number of benzene rings is 2. The Morgan fingerprint density at radius 3 is 2.73 bits per heavy atom. The predicted octanol–water partition coefficient (Wildman–Crippen LogP) is 1.65. The van der Waals surface area contributed by atoms with E-state index in [0.29, 0.717) is 24.4 Å². The number of anilines is 2. The largest absolute Gasteiger partial charge is 0.495 e. The van der Waals surface area contributed by atoms with Gasteiger partial charge in [0.2, 0.25) is 15.9 Å². The molecule has 138 valence electrons. The Hall–Kier alpha value is -2.58. The van der Waals surface area contributed by atoms with Crippen LogP contribution in [0.2, 0.25) is 0 Å². The highest BCUT2D eigenvalue weighted by Gasteiger charge is 2.23. The number of hydrogen-bond donors (Lipinski definition) is 2. The van der Waals surface area contributed by atoms with Crippen molar-refractivity contribution in [2.24, 2.45) is 5.14 Å². The van der Waals surface area contributed by atoms with Gasteiger partial charge in [0, 0.05) is 12.2 Å². The fourth-order valence-electron chi connectivity index (χ4n) is 3.07. The zero-order valence-corrected chi connectivity index (χ0v) is 15.5. The molecule has 3 rings (SSSR count). The van der Waals surface area contributed by atoms with Crippen LogP contribution in [-0.2, 0) is 21.2 Å². The number of rotatable bonds is 5. The van der Waals surface area contributed by atoms with Gasteiger partial charge in [-0.25, -0.2) is 13.6 Å². The van der Waals surface area contributed by atoms with Crippen LogP contribution in [0.15, 0.2) is 41.3 Å². The molecule has 0 saturated carbocycles. The van der Waals surface area contributed by atoms with Gasteiger partial charge in [-0.15, -0.1) is 0 Å². The van der Waals surface area contributed by atoms with Crippen molar-refractivity contribution in [2.75, 3.05) is 30.4 Å². The third-order valence-electron chi connectivity index (χ3n) is 4.33. The van der Waals surface area contributed by atoms with Gasteiger partial charge in [-0.3, -0.25) is 4.79 Å². The third-order valence-corrected chi connectivity index (χ3v) is 5.25. The van der Waals surface area contributed by atoms with Gasteiger partial charge in [-0.05, 0) is 54.8 Å². The second-order valence-electron chi connectivity index (χ2n) is 6.26. The highest BCUT2D eigenvalue weighted by Crippen LogP contribution is 2.30. The number of methoxy groups -OCH3 is 1. The lowest BCUT2D eigenvalue weighted by atomic mass is 10.2. The number of amides is 1. The number of nitrogens with two attached hydrogens (primary N) is 1. The molecule has 1 amide bonds. The lowest BCUT2D eigenvalue weighted by Crippen LogP contribution is -2.32. The summed E-state index contributed by atoms with van der Waals surface area (Å²) in [6.45, 7) is 2.75. The maximum atomic E-state index is 12.5. The summed E-state index contributed by atoms with van der Waals surface area (Å²) in [7, 11) is -2.17. The van der Waals surface area contributed by atoms with E-state index >= 15 is 0 Å². The van der Waals surface area contributed by atoms with Gasteiger partial charge in [-0.2, -0.15) is 0 Å². The first kappa shape index (κ1) is 18.2. The summed E-state index contributed by atoms with van der Waals surface area (Å²) >= 11 is 0. The van der Waals surface area contributed by atoms with Crippen molar-refractivity contribution in [3.63, 3.8) is 0 Å². The van der Waals surface area contributed by atoms with E-state index in [4.69, 9.17) is 9.88 Å². The van der Waals surface area contributed by atoms with Crippen molar-refractivity contribution in [3.05, 3.63) is 47.5 Å². The van der Waals surface area contributed by atoms with E-state index in [9.17, 15) is 13.2 Å². The fraction of sp³-hybridized carbons (Fsp3) is 0.278. The molecule has 0 radical (unpaired) electrons.